The normalized spacial score (nSPS) is 15.8. The van der Waals surface area contributed by atoms with Gasteiger partial charge in [0.05, 0.1) is 16.9 Å². The van der Waals surface area contributed by atoms with Gasteiger partial charge in [-0.25, -0.2) is 4.98 Å². The molecule has 0 amide bonds. The van der Waals surface area contributed by atoms with Gasteiger partial charge in [0.2, 0.25) is 0 Å². The Morgan fingerprint density at radius 2 is 2.33 bits per heavy atom. The molecule has 0 bridgehead atoms. The highest BCUT2D eigenvalue weighted by molar-refractivity contribution is 7.09. The summed E-state index contributed by atoms with van der Waals surface area (Å²) in [5.41, 5.74) is 2.39. The number of thiazole rings is 1. The van der Waals surface area contributed by atoms with Crippen molar-refractivity contribution < 1.29 is 0 Å². The van der Waals surface area contributed by atoms with Crippen LogP contribution in [0.25, 0.3) is 0 Å². The number of aromatic nitrogens is 3. The molecule has 1 N–H and O–H groups in total. The third-order valence-electron chi connectivity index (χ3n) is 3.42. The molecule has 0 unspecified atom stereocenters. The molecule has 4 nitrogen and oxygen atoms in total. The van der Waals surface area contributed by atoms with E-state index >= 15 is 0 Å². The molecule has 0 atom stereocenters. The zero-order valence-electron chi connectivity index (χ0n) is 10.6. The summed E-state index contributed by atoms with van der Waals surface area (Å²) in [5, 5.41) is 11.1. The predicted molar refractivity (Wildman–Crippen MR) is 72.5 cm³/mol. The highest BCUT2D eigenvalue weighted by atomic mass is 32.1. The smallest absolute Gasteiger partial charge is 0.0959 e. The minimum atomic E-state index is 0.752. The van der Waals surface area contributed by atoms with Gasteiger partial charge in [0.25, 0.3) is 0 Å². The molecule has 1 saturated carbocycles. The molecule has 0 aromatic carbocycles. The maximum absolute atomic E-state index is 4.70. The van der Waals surface area contributed by atoms with Gasteiger partial charge in [-0.05, 0) is 12.8 Å². The van der Waals surface area contributed by atoms with Crippen molar-refractivity contribution in [2.24, 2.45) is 7.05 Å². The summed E-state index contributed by atoms with van der Waals surface area (Å²) in [6.45, 7) is 1.70. The van der Waals surface area contributed by atoms with Crippen molar-refractivity contribution in [1.29, 1.82) is 0 Å². The van der Waals surface area contributed by atoms with Crippen molar-refractivity contribution in [2.45, 2.75) is 38.3 Å². The summed E-state index contributed by atoms with van der Waals surface area (Å²) in [7, 11) is 1.94. The molecule has 2 aromatic rings. The van der Waals surface area contributed by atoms with Crippen LogP contribution in [0.5, 0.6) is 0 Å². The third kappa shape index (κ3) is 2.62. The standard InChI is InChI=1S/C13H18N4S/c1-17-8-10(6-15-17)5-14-7-12-9-18-13(16-12)11-3-2-4-11/h6,8-9,11,14H,2-5,7H2,1H3. The van der Waals surface area contributed by atoms with E-state index in [-0.39, 0.29) is 0 Å². The molecule has 2 heterocycles. The van der Waals surface area contributed by atoms with E-state index in [0.717, 1.165) is 19.0 Å². The van der Waals surface area contributed by atoms with Crippen LogP contribution in [0.4, 0.5) is 0 Å². The summed E-state index contributed by atoms with van der Waals surface area (Å²) >= 11 is 1.82. The van der Waals surface area contributed by atoms with Gasteiger partial charge in [-0.3, -0.25) is 4.68 Å². The number of hydrogen-bond acceptors (Lipinski definition) is 4. The predicted octanol–water partition coefficient (Wildman–Crippen LogP) is 2.43. The van der Waals surface area contributed by atoms with Gasteiger partial charge >= 0.3 is 0 Å². The largest absolute Gasteiger partial charge is 0.307 e. The maximum Gasteiger partial charge on any atom is 0.0959 e. The fourth-order valence-electron chi connectivity index (χ4n) is 2.14. The Labute approximate surface area is 111 Å². The average molecular weight is 262 g/mol. The molecule has 0 spiro atoms. The van der Waals surface area contributed by atoms with Crippen LogP contribution in [-0.4, -0.2) is 14.8 Å². The van der Waals surface area contributed by atoms with E-state index in [2.05, 4.69) is 15.8 Å². The van der Waals surface area contributed by atoms with Crippen molar-refractivity contribution in [2.75, 3.05) is 0 Å². The summed E-state index contributed by atoms with van der Waals surface area (Å²) in [4.78, 5) is 4.70. The second-order valence-electron chi connectivity index (χ2n) is 4.93. The molecule has 0 aliphatic heterocycles. The molecular weight excluding hydrogens is 244 g/mol. The Morgan fingerprint density at radius 3 is 3.00 bits per heavy atom. The van der Waals surface area contributed by atoms with E-state index in [1.54, 1.807) is 0 Å². The molecule has 5 heteroatoms. The first-order chi connectivity index (χ1) is 8.81. The molecule has 3 rings (SSSR count). The Hall–Kier alpha value is -1.20. The fraction of sp³-hybridized carbons (Fsp3) is 0.538. The first-order valence-corrected chi connectivity index (χ1v) is 7.32. The Morgan fingerprint density at radius 1 is 1.44 bits per heavy atom. The van der Waals surface area contributed by atoms with Crippen molar-refractivity contribution >= 4 is 11.3 Å². The van der Waals surface area contributed by atoms with E-state index in [1.165, 1.54) is 35.5 Å². The molecular formula is C13H18N4S. The number of nitrogens with zero attached hydrogens (tertiary/aromatic N) is 3. The Balaban J connectivity index is 1.49. The lowest BCUT2D eigenvalue weighted by atomic mass is 9.86. The van der Waals surface area contributed by atoms with Crippen LogP contribution in [-0.2, 0) is 20.1 Å². The summed E-state index contributed by atoms with van der Waals surface area (Å²) in [5.74, 6) is 0.752. The van der Waals surface area contributed by atoms with Crippen LogP contribution in [0.3, 0.4) is 0 Å². The van der Waals surface area contributed by atoms with Gasteiger partial charge in [0.15, 0.2) is 0 Å². The van der Waals surface area contributed by atoms with Gasteiger partial charge in [-0.1, -0.05) is 6.42 Å². The van der Waals surface area contributed by atoms with Crippen LogP contribution >= 0.6 is 11.3 Å². The number of hydrogen-bond donors (Lipinski definition) is 1. The quantitative estimate of drug-likeness (QED) is 0.900. The molecule has 1 aliphatic carbocycles. The second kappa shape index (κ2) is 5.20. The summed E-state index contributed by atoms with van der Waals surface area (Å²) in [6.07, 6.45) is 7.96. The SMILES string of the molecule is Cn1cc(CNCc2csc(C3CCC3)n2)cn1. The van der Waals surface area contributed by atoms with E-state index < -0.39 is 0 Å². The van der Waals surface area contributed by atoms with Crippen molar-refractivity contribution in [1.82, 2.24) is 20.1 Å². The zero-order valence-corrected chi connectivity index (χ0v) is 11.4. The number of rotatable bonds is 5. The molecule has 1 fully saturated rings. The van der Waals surface area contributed by atoms with Gasteiger partial charge in [0, 0.05) is 43.2 Å². The van der Waals surface area contributed by atoms with Gasteiger partial charge in [0.1, 0.15) is 0 Å². The van der Waals surface area contributed by atoms with E-state index in [0.29, 0.717) is 0 Å². The van der Waals surface area contributed by atoms with E-state index in [9.17, 15) is 0 Å². The van der Waals surface area contributed by atoms with E-state index in [1.807, 2.05) is 35.5 Å². The maximum atomic E-state index is 4.70. The van der Waals surface area contributed by atoms with Crippen LogP contribution < -0.4 is 5.32 Å². The summed E-state index contributed by atoms with van der Waals surface area (Å²) < 4.78 is 1.83. The molecule has 18 heavy (non-hydrogen) atoms. The molecule has 0 radical (unpaired) electrons. The Kier molecular flexibility index (Phi) is 3.43. The summed E-state index contributed by atoms with van der Waals surface area (Å²) in [6, 6.07) is 0. The monoisotopic (exact) mass is 262 g/mol. The highest BCUT2D eigenvalue weighted by Gasteiger charge is 2.22. The first kappa shape index (κ1) is 11.9. The van der Waals surface area contributed by atoms with Crippen molar-refractivity contribution in [3.8, 4) is 0 Å². The number of nitrogens with one attached hydrogen (secondary N) is 1. The average Bonchev–Trinajstić information content (AvgIpc) is 2.87. The van der Waals surface area contributed by atoms with Gasteiger partial charge in [-0.15, -0.1) is 11.3 Å². The molecule has 1 aliphatic rings. The molecule has 0 saturated heterocycles. The first-order valence-electron chi connectivity index (χ1n) is 6.44. The van der Waals surface area contributed by atoms with Crippen LogP contribution in [0, 0.1) is 0 Å². The minimum absolute atomic E-state index is 0.752. The lowest BCUT2D eigenvalue weighted by Crippen LogP contribution is -2.13. The second-order valence-corrected chi connectivity index (χ2v) is 5.82. The minimum Gasteiger partial charge on any atom is -0.307 e. The van der Waals surface area contributed by atoms with E-state index in [4.69, 9.17) is 4.98 Å². The van der Waals surface area contributed by atoms with Crippen molar-refractivity contribution in [3.63, 3.8) is 0 Å². The fourth-order valence-corrected chi connectivity index (χ4v) is 3.14. The van der Waals surface area contributed by atoms with Crippen molar-refractivity contribution in [3.05, 3.63) is 34.0 Å². The van der Waals surface area contributed by atoms with Crippen LogP contribution in [0.15, 0.2) is 17.8 Å². The topological polar surface area (TPSA) is 42.7 Å². The lowest BCUT2D eigenvalue weighted by molar-refractivity contribution is 0.417. The van der Waals surface area contributed by atoms with Crippen LogP contribution in [0.1, 0.15) is 41.4 Å². The number of aryl methyl sites for hydroxylation is 1. The van der Waals surface area contributed by atoms with Gasteiger partial charge < -0.3 is 5.32 Å². The molecule has 2 aromatic heterocycles. The van der Waals surface area contributed by atoms with Gasteiger partial charge in [-0.2, -0.15) is 5.10 Å². The lowest BCUT2D eigenvalue weighted by Gasteiger charge is -2.22. The zero-order chi connectivity index (χ0) is 12.4. The third-order valence-corrected chi connectivity index (χ3v) is 4.47. The molecule has 96 valence electrons. The highest BCUT2D eigenvalue weighted by Crippen LogP contribution is 2.37. The Bertz CT molecular complexity index is 513. The van der Waals surface area contributed by atoms with Crippen LogP contribution in [0.2, 0.25) is 0 Å².